The Labute approximate surface area is 112 Å². The molecule has 0 unspecified atom stereocenters. The molecule has 0 radical (unpaired) electrons. The van der Waals surface area contributed by atoms with Gasteiger partial charge in [-0.25, -0.2) is 0 Å². The number of anilines is 1. The van der Waals surface area contributed by atoms with E-state index in [-0.39, 0.29) is 5.41 Å². The Hall–Kier alpha value is -0.980. The number of benzene rings is 1. The van der Waals surface area contributed by atoms with Gasteiger partial charge >= 0.3 is 0 Å². The Morgan fingerprint density at radius 1 is 1.28 bits per heavy atom. The molecule has 0 fully saturated rings. The minimum absolute atomic E-state index is 0.257. The normalized spacial score (nSPS) is 18.7. The number of nitrogens with zero attached hydrogens (tertiary/aromatic N) is 1. The predicted molar refractivity (Wildman–Crippen MR) is 80.7 cm³/mol. The molecule has 0 N–H and O–H groups in total. The van der Waals surface area contributed by atoms with Crippen LogP contribution in [0, 0.1) is 0 Å². The number of para-hydroxylation sites is 1. The zero-order chi connectivity index (χ0) is 13.6. The summed E-state index contributed by atoms with van der Waals surface area (Å²) in [5.74, 6) is 0. The quantitative estimate of drug-likeness (QED) is 0.742. The van der Waals surface area contributed by atoms with Gasteiger partial charge < -0.3 is 4.90 Å². The standard InChI is InChI=1S/C17H27N/c1-7-16(2,3)13-9-8-10-14-15(13)18(6)12-11-17(14,4)5/h8-10H,7,11-12H2,1-6H3. The van der Waals surface area contributed by atoms with Crippen molar-refractivity contribution in [3.8, 4) is 0 Å². The number of rotatable bonds is 2. The first-order valence-electron chi connectivity index (χ1n) is 7.15. The third-order valence-electron chi connectivity index (χ3n) is 4.83. The lowest BCUT2D eigenvalue weighted by Crippen LogP contribution is -2.37. The molecular formula is C17H27N. The number of fused-ring (bicyclic) bond motifs is 1. The van der Waals surface area contributed by atoms with Crippen molar-refractivity contribution in [2.45, 2.75) is 58.3 Å². The van der Waals surface area contributed by atoms with E-state index in [2.05, 4.69) is 64.8 Å². The van der Waals surface area contributed by atoms with Crippen LogP contribution in [-0.2, 0) is 10.8 Å². The largest absolute Gasteiger partial charge is 0.374 e. The average Bonchev–Trinajstić information content (AvgIpc) is 2.34. The van der Waals surface area contributed by atoms with Crippen LogP contribution in [0.4, 0.5) is 5.69 Å². The Bertz CT molecular complexity index is 443. The number of hydrogen-bond donors (Lipinski definition) is 0. The average molecular weight is 245 g/mol. The molecule has 1 nitrogen and oxygen atoms in total. The lowest BCUT2D eigenvalue weighted by atomic mass is 9.72. The maximum atomic E-state index is 2.45. The van der Waals surface area contributed by atoms with E-state index in [1.165, 1.54) is 29.7 Å². The molecule has 1 aliphatic rings. The second-order valence-corrected chi connectivity index (χ2v) is 6.99. The molecule has 0 saturated heterocycles. The fourth-order valence-electron chi connectivity index (χ4n) is 2.93. The molecule has 1 heterocycles. The summed E-state index contributed by atoms with van der Waals surface area (Å²) in [6.07, 6.45) is 2.42. The molecular weight excluding hydrogens is 218 g/mol. The van der Waals surface area contributed by atoms with Crippen LogP contribution in [0.25, 0.3) is 0 Å². The topological polar surface area (TPSA) is 3.24 Å². The zero-order valence-electron chi connectivity index (χ0n) is 12.8. The SMILES string of the molecule is CCC(C)(C)c1cccc2c1N(C)CCC2(C)C. The van der Waals surface area contributed by atoms with Crippen molar-refractivity contribution >= 4 is 5.69 Å². The van der Waals surface area contributed by atoms with Gasteiger partial charge in [0.2, 0.25) is 0 Å². The van der Waals surface area contributed by atoms with E-state index in [1.807, 2.05) is 0 Å². The molecule has 0 amide bonds. The van der Waals surface area contributed by atoms with Crippen LogP contribution in [0.2, 0.25) is 0 Å². The molecule has 0 saturated carbocycles. The highest BCUT2D eigenvalue weighted by atomic mass is 15.1. The van der Waals surface area contributed by atoms with Gasteiger partial charge in [0.25, 0.3) is 0 Å². The molecule has 0 bridgehead atoms. The second-order valence-electron chi connectivity index (χ2n) is 6.99. The summed E-state index contributed by atoms with van der Waals surface area (Å²) in [7, 11) is 2.24. The van der Waals surface area contributed by atoms with Crippen molar-refractivity contribution in [2.24, 2.45) is 0 Å². The maximum Gasteiger partial charge on any atom is 0.0439 e. The highest BCUT2D eigenvalue weighted by Gasteiger charge is 2.34. The minimum atomic E-state index is 0.257. The summed E-state index contributed by atoms with van der Waals surface area (Å²) >= 11 is 0. The third-order valence-corrected chi connectivity index (χ3v) is 4.83. The molecule has 0 aliphatic carbocycles. The van der Waals surface area contributed by atoms with Crippen molar-refractivity contribution in [3.63, 3.8) is 0 Å². The highest BCUT2D eigenvalue weighted by Crippen LogP contribution is 2.44. The first-order valence-corrected chi connectivity index (χ1v) is 7.15. The summed E-state index contributed by atoms with van der Waals surface area (Å²) in [6, 6.07) is 6.88. The molecule has 1 heteroatoms. The van der Waals surface area contributed by atoms with Crippen LogP contribution in [0.15, 0.2) is 18.2 Å². The van der Waals surface area contributed by atoms with E-state index in [1.54, 1.807) is 0 Å². The van der Waals surface area contributed by atoms with E-state index < -0.39 is 0 Å². The van der Waals surface area contributed by atoms with Crippen molar-refractivity contribution in [3.05, 3.63) is 29.3 Å². The molecule has 0 spiro atoms. The summed E-state index contributed by atoms with van der Waals surface area (Å²) in [6.45, 7) is 12.9. The molecule has 1 aliphatic heterocycles. The fraction of sp³-hybridized carbons (Fsp3) is 0.647. The smallest absolute Gasteiger partial charge is 0.0439 e. The molecule has 0 atom stereocenters. The van der Waals surface area contributed by atoms with E-state index in [0.717, 1.165) is 6.54 Å². The van der Waals surface area contributed by atoms with E-state index in [0.29, 0.717) is 5.41 Å². The van der Waals surface area contributed by atoms with Crippen molar-refractivity contribution in [1.29, 1.82) is 0 Å². The third kappa shape index (κ3) is 2.04. The Kier molecular flexibility index (Phi) is 3.21. The van der Waals surface area contributed by atoms with Crippen LogP contribution in [0.1, 0.15) is 58.6 Å². The second kappa shape index (κ2) is 4.29. The zero-order valence-corrected chi connectivity index (χ0v) is 12.8. The van der Waals surface area contributed by atoms with Gasteiger partial charge in [-0.15, -0.1) is 0 Å². The highest BCUT2D eigenvalue weighted by molar-refractivity contribution is 5.65. The van der Waals surface area contributed by atoms with Gasteiger partial charge in [-0.2, -0.15) is 0 Å². The first-order chi connectivity index (χ1) is 8.29. The van der Waals surface area contributed by atoms with Gasteiger partial charge in [0, 0.05) is 19.3 Å². The van der Waals surface area contributed by atoms with Crippen LogP contribution in [0.5, 0.6) is 0 Å². The van der Waals surface area contributed by atoms with Crippen LogP contribution in [-0.4, -0.2) is 13.6 Å². The van der Waals surface area contributed by atoms with Crippen LogP contribution < -0.4 is 4.90 Å². The van der Waals surface area contributed by atoms with E-state index in [9.17, 15) is 0 Å². The Morgan fingerprint density at radius 3 is 2.56 bits per heavy atom. The molecule has 100 valence electrons. The Balaban J connectivity index is 2.65. The lowest BCUT2D eigenvalue weighted by molar-refractivity contribution is 0.450. The van der Waals surface area contributed by atoms with Gasteiger partial charge in [0.05, 0.1) is 0 Å². The monoisotopic (exact) mass is 245 g/mol. The molecule has 2 rings (SSSR count). The summed E-state index contributed by atoms with van der Waals surface area (Å²) in [4.78, 5) is 2.45. The maximum absolute atomic E-state index is 2.45. The van der Waals surface area contributed by atoms with Gasteiger partial charge in [0.1, 0.15) is 0 Å². The van der Waals surface area contributed by atoms with Gasteiger partial charge in [-0.05, 0) is 34.8 Å². The van der Waals surface area contributed by atoms with Gasteiger partial charge in [-0.3, -0.25) is 0 Å². The minimum Gasteiger partial charge on any atom is -0.374 e. The number of hydrogen-bond acceptors (Lipinski definition) is 1. The van der Waals surface area contributed by atoms with Crippen LogP contribution in [0.3, 0.4) is 0 Å². The van der Waals surface area contributed by atoms with Gasteiger partial charge in [-0.1, -0.05) is 52.8 Å². The van der Waals surface area contributed by atoms with Crippen molar-refractivity contribution < 1.29 is 0 Å². The molecule has 1 aromatic carbocycles. The molecule has 1 aromatic rings. The predicted octanol–water partition coefficient (Wildman–Crippen LogP) is 4.49. The fourth-order valence-corrected chi connectivity index (χ4v) is 2.93. The van der Waals surface area contributed by atoms with Crippen molar-refractivity contribution in [2.75, 3.05) is 18.5 Å². The van der Waals surface area contributed by atoms with Crippen molar-refractivity contribution in [1.82, 2.24) is 0 Å². The molecule has 0 aromatic heterocycles. The van der Waals surface area contributed by atoms with Crippen LogP contribution >= 0.6 is 0 Å². The summed E-state index contributed by atoms with van der Waals surface area (Å²) in [5.41, 5.74) is 5.09. The van der Waals surface area contributed by atoms with E-state index >= 15 is 0 Å². The molecule has 18 heavy (non-hydrogen) atoms. The Morgan fingerprint density at radius 2 is 1.94 bits per heavy atom. The lowest BCUT2D eigenvalue weighted by Gasteiger charge is -2.42. The first kappa shape index (κ1) is 13.5. The summed E-state index contributed by atoms with van der Waals surface area (Å²) < 4.78 is 0. The summed E-state index contributed by atoms with van der Waals surface area (Å²) in [5, 5.41) is 0. The van der Waals surface area contributed by atoms with E-state index in [4.69, 9.17) is 0 Å². The van der Waals surface area contributed by atoms with Gasteiger partial charge in [0.15, 0.2) is 0 Å².